The van der Waals surface area contributed by atoms with Crippen molar-refractivity contribution in [2.75, 3.05) is 12.3 Å². The van der Waals surface area contributed by atoms with Crippen molar-refractivity contribution in [3.63, 3.8) is 0 Å². The van der Waals surface area contributed by atoms with E-state index >= 15 is 0 Å². The fourth-order valence-corrected chi connectivity index (χ4v) is 2.62. The number of carbonyl (C=O) groups is 1. The molecule has 0 saturated carbocycles. The van der Waals surface area contributed by atoms with Gasteiger partial charge in [0.25, 0.3) is 0 Å². The number of benzene rings is 1. The largest absolute Gasteiger partial charge is 0.355 e. The highest BCUT2D eigenvalue weighted by molar-refractivity contribution is 7.99. The number of amides is 1. The number of halogens is 1. The van der Waals surface area contributed by atoms with Gasteiger partial charge in [0, 0.05) is 17.1 Å². The first-order valence-electron chi connectivity index (χ1n) is 7.47. The maximum absolute atomic E-state index is 11.7. The minimum atomic E-state index is 0.0353. The molecule has 0 bridgehead atoms. The van der Waals surface area contributed by atoms with E-state index in [2.05, 4.69) is 29.3 Å². The van der Waals surface area contributed by atoms with Gasteiger partial charge in [0.1, 0.15) is 0 Å². The Morgan fingerprint density at radius 1 is 1.35 bits per heavy atom. The third-order valence-electron chi connectivity index (χ3n) is 3.07. The minimum absolute atomic E-state index is 0.0353. The molecule has 0 aliphatic heterocycles. The number of nitrogens with zero attached hydrogens (tertiary/aromatic N) is 2. The van der Waals surface area contributed by atoms with Gasteiger partial charge in [-0.2, -0.15) is 4.98 Å². The lowest BCUT2D eigenvalue weighted by Crippen LogP contribution is -2.26. The summed E-state index contributed by atoms with van der Waals surface area (Å²) in [6.07, 6.45) is 0.991. The summed E-state index contributed by atoms with van der Waals surface area (Å²) >= 11 is 7.31. The number of hydrogen-bond donors (Lipinski definition) is 1. The summed E-state index contributed by atoms with van der Waals surface area (Å²) in [4.78, 5) is 16.0. The molecular weight excluding hydrogens is 334 g/mol. The Morgan fingerprint density at radius 2 is 2.09 bits per heavy atom. The second-order valence-electron chi connectivity index (χ2n) is 5.54. The third-order valence-corrected chi connectivity index (χ3v) is 4.24. The number of thioether (sulfide) groups is 1. The van der Waals surface area contributed by atoms with E-state index in [1.165, 1.54) is 11.8 Å². The van der Waals surface area contributed by atoms with Gasteiger partial charge in [0.15, 0.2) is 0 Å². The van der Waals surface area contributed by atoms with Crippen molar-refractivity contribution < 1.29 is 9.32 Å². The maximum Gasteiger partial charge on any atom is 0.236 e. The Morgan fingerprint density at radius 3 is 2.78 bits per heavy atom. The highest BCUT2D eigenvalue weighted by Crippen LogP contribution is 2.20. The summed E-state index contributed by atoms with van der Waals surface area (Å²) in [5.41, 5.74) is 0.848. The fourth-order valence-electron chi connectivity index (χ4n) is 1.81. The molecule has 1 heterocycles. The van der Waals surface area contributed by atoms with Gasteiger partial charge in [0.05, 0.1) is 11.5 Å². The van der Waals surface area contributed by atoms with Crippen LogP contribution in [0.3, 0.4) is 0 Å². The zero-order valence-electron chi connectivity index (χ0n) is 13.2. The van der Waals surface area contributed by atoms with Gasteiger partial charge >= 0.3 is 0 Å². The van der Waals surface area contributed by atoms with E-state index in [0.29, 0.717) is 34.2 Å². The summed E-state index contributed by atoms with van der Waals surface area (Å²) in [5.74, 6) is 2.56. The molecule has 23 heavy (non-hydrogen) atoms. The number of hydrogen-bond acceptors (Lipinski definition) is 5. The molecule has 0 aliphatic rings. The summed E-state index contributed by atoms with van der Waals surface area (Å²) < 4.78 is 5.20. The number of nitrogens with one attached hydrogen (secondary N) is 1. The Kier molecular flexibility index (Phi) is 6.92. The first-order valence-corrected chi connectivity index (χ1v) is 9.01. The smallest absolute Gasteiger partial charge is 0.236 e. The van der Waals surface area contributed by atoms with Crippen molar-refractivity contribution in [2.24, 2.45) is 5.92 Å². The zero-order chi connectivity index (χ0) is 16.7. The molecule has 1 aromatic carbocycles. The Labute approximate surface area is 145 Å². The average molecular weight is 354 g/mol. The Hall–Kier alpha value is -1.53. The summed E-state index contributed by atoms with van der Waals surface area (Å²) in [6.45, 7) is 4.99. The average Bonchev–Trinajstić information content (AvgIpc) is 2.96. The Bertz CT molecular complexity index is 629. The van der Waals surface area contributed by atoms with E-state index in [9.17, 15) is 4.79 Å². The van der Waals surface area contributed by atoms with Gasteiger partial charge in [0.2, 0.25) is 17.6 Å². The second-order valence-corrected chi connectivity index (χ2v) is 6.97. The van der Waals surface area contributed by atoms with Crippen molar-refractivity contribution in [1.82, 2.24) is 15.5 Å². The van der Waals surface area contributed by atoms with Crippen molar-refractivity contribution in [1.29, 1.82) is 0 Å². The standard InChI is InChI=1S/C16H20ClN3O2S/c1-11(2)7-8-18-14(21)9-23-10-15-19-16(20-22-15)12-3-5-13(17)6-4-12/h3-6,11H,7-10H2,1-2H3,(H,18,21). The normalized spacial score (nSPS) is 11.0. The Balaban J connectivity index is 1.74. The van der Waals surface area contributed by atoms with Crippen molar-refractivity contribution in [3.8, 4) is 11.4 Å². The molecule has 7 heteroatoms. The van der Waals surface area contributed by atoms with Crippen LogP contribution in [0.1, 0.15) is 26.2 Å². The van der Waals surface area contributed by atoms with Crippen LogP contribution in [0.4, 0.5) is 0 Å². The molecule has 1 N–H and O–H groups in total. The molecule has 5 nitrogen and oxygen atoms in total. The van der Waals surface area contributed by atoms with Gasteiger partial charge < -0.3 is 9.84 Å². The molecule has 0 radical (unpaired) electrons. The lowest BCUT2D eigenvalue weighted by molar-refractivity contribution is -0.118. The van der Waals surface area contributed by atoms with Gasteiger partial charge in [-0.25, -0.2) is 0 Å². The number of rotatable bonds is 8. The van der Waals surface area contributed by atoms with E-state index in [-0.39, 0.29) is 5.91 Å². The molecule has 0 aliphatic carbocycles. The molecule has 2 aromatic rings. The van der Waals surface area contributed by atoms with Crippen LogP contribution in [-0.4, -0.2) is 28.3 Å². The topological polar surface area (TPSA) is 68.0 Å². The summed E-state index contributed by atoms with van der Waals surface area (Å²) in [5, 5.41) is 7.50. The van der Waals surface area contributed by atoms with Crippen molar-refractivity contribution >= 4 is 29.3 Å². The van der Waals surface area contributed by atoms with E-state index in [4.69, 9.17) is 16.1 Å². The van der Waals surface area contributed by atoms with Crippen LogP contribution in [0, 0.1) is 5.92 Å². The van der Waals surface area contributed by atoms with Crippen LogP contribution in [0.5, 0.6) is 0 Å². The molecule has 2 rings (SSSR count). The number of carbonyl (C=O) groups excluding carboxylic acids is 1. The zero-order valence-corrected chi connectivity index (χ0v) is 14.8. The lowest BCUT2D eigenvalue weighted by Gasteiger charge is -2.06. The van der Waals surface area contributed by atoms with Crippen LogP contribution in [0.15, 0.2) is 28.8 Å². The van der Waals surface area contributed by atoms with Gasteiger partial charge in [-0.3, -0.25) is 4.79 Å². The number of aromatic nitrogens is 2. The third kappa shape index (κ3) is 6.23. The van der Waals surface area contributed by atoms with Crippen molar-refractivity contribution in [2.45, 2.75) is 26.0 Å². The molecule has 0 spiro atoms. The van der Waals surface area contributed by atoms with Gasteiger partial charge in [-0.15, -0.1) is 11.8 Å². The van der Waals surface area contributed by atoms with Crippen LogP contribution in [-0.2, 0) is 10.5 Å². The first-order chi connectivity index (χ1) is 11.0. The van der Waals surface area contributed by atoms with Gasteiger partial charge in [-0.05, 0) is 36.6 Å². The highest BCUT2D eigenvalue weighted by Gasteiger charge is 2.10. The highest BCUT2D eigenvalue weighted by atomic mass is 35.5. The monoisotopic (exact) mass is 353 g/mol. The molecule has 124 valence electrons. The van der Waals surface area contributed by atoms with E-state index in [1.54, 1.807) is 12.1 Å². The van der Waals surface area contributed by atoms with E-state index < -0.39 is 0 Å². The molecule has 0 atom stereocenters. The molecule has 1 amide bonds. The van der Waals surface area contributed by atoms with Crippen LogP contribution >= 0.6 is 23.4 Å². The summed E-state index contributed by atoms with van der Waals surface area (Å²) in [7, 11) is 0. The van der Waals surface area contributed by atoms with Crippen molar-refractivity contribution in [3.05, 3.63) is 35.2 Å². The molecular formula is C16H20ClN3O2S. The van der Waals surface area contributed by atoms with E-state index in [0.717, 1.165) is 18.5 Å². The maximum atomic E-state index is 11.7. The SMILES string of the molecule is CC(C)CCNC(=O)CSCc1nc(-c2ccc(Cl)cc2)no1. The van der Waals surface area contributed by atoms with Crippen LogP contribution in [0.2, 0.25) is 5.02 Å². The predicted octanol–water partition coefficient (Wildman–Crippen LogP) is 3.79. The van der Waals surface area contributed by atoms with Gasteiger partial charge in [-0.1, -0.05) is 30.6 Å². The quantitative estimate of drug-likeness (QED) is 0.782. The van der Waals surface area contributed by atoms with Crippen LogP contribution in [0.25, 0.3) is 11.4 Å². The predicted molar refractivity (Wildman–Crippen MR) is 93.4 cm³/mol. The second kappa shape index (κ2) is 8.93. The molecule has 0 unspecified atom stereocenters. The molecule has 1 aromatic heterocycles. The first kappa shape index (κ1) is 17.8. The van der Waals surface area contributed by atoms with Crippen LogP contribution < -0.4 is 5.32 Å². The summed E-state index contributed by atoms with van der Waals surface area (Å²) in [6, 6.07) is 7.24. The van der Waals surface area contributed by atoms with E-state index in [1.807, 2.05) is 12.1 Å². The fraction of sp³-hybridized carbons (Fsp3) is 0.438. The molecule has 0 fully saturated rings. The minimum Gasteiger partial charge on any atom is -0.355 e. The lowest BCUT2D eigenvalue weighted by atomic mass is 10.1. The molecule has 0 saturated heterocycles.